The highest BCUT2D eigenvalue weighted by Crippen LogP contribution is 2.28. The number of rotatable bonds is 8. The molecule has 1 heterocycles. The largest absolute Gasteiger partial charge is 0.497 e. The molecule has 4 rings (SSSR count). The first kappa shape index (κ1) is 25.1. The maximum atomic E-state index is 13.4. The third kappa shape index (κ3) is 6.59. The number of piperazine rings is 1. The van der Waals surface area contributed by atoms with Gasteiger partial charge in [-0.05, 0) is 60.2 Å². The van der Waals surface area contributed by atoms with E-state index >= 15 is 0 Å². The van der Waals surface area contributed by atoms with Gasteiger partial charge in [0.25, 0.3) is 0 Å². The number of halogens is 3. The number of hydrogen-bond acceptors (Lipinski definition) is 4. The Morgan fingerprint density at radius 1 is 0.943 bits per heavy atom. The van der Waals surface area contributed by atoms with Gasteiger partial charge in [0.15, 0.2) is 0 Å². The van der Waals surface area contributed by atoms with Crippen LogP contribution in [0.25, 0.3) is 0 Å². The number of amides is 1. The molecule has 8 heteroatoms. The van der Waals surface area contributed by atoms with Crippen molar-refractivity contribution in [2.24, 2.45) is 0 Å². The van der Waals surface area contributed by atoms with Crippen LogP contribution in [0.3, 0.4) is 0 Å². The van der Waals surface area contributed by atoms with E-state index in [1.807, 2.05) is 35.2 Å². The summed E-state index contributed by atoms with van der Waals surface area (Å²) in [5.74, 6) is 0.664. The van der Waals surface area contributed by atoms with Crippen LogP contribution in [-0.4, -0.2) is 50.6 Å². The Hall–Kier alpha value is -2.96. The Morgan fingerprint density at radius 3 is 2.26 bits per heavy atom. The van der Waals surface area contributed by atoms with Gasteiger partial charge >= 0.3 is 0 Å². The molecule has 0 unspecified atom stereocenters. The van der Waals surface area contributed by atoms with Crippen molar-refractivity contribution >= 4 is 40.5 Å². The molecule has 0 spiro atoms. The smallest absolute Gasteiger partial charge is 0.224 e. The van der Waals surface area contributed by atoms with Crippen LogP contribution in [0, 0.1) is 5.82 Å². The average Bonchev–Trinajstić information content (AvgIpc) is 2.89. The minimum absolute atomic E-state index is 0.114. The molecule has 0 bridgehead atoms. The molecule has 1 aliphatic rings. The van der Waals surface area contributed by atoms with E-state index in [1.54, 1.807) is 31.4 Å². The normalized spacial score (nSPS) is 13.6. The zero-order valence-corrected chi connectivity index (χ0v) is 21.1. The quantitative estimate of drug-likeness (QED) is 0.374. The summed E-state index contributed by atoms with van der Waals surface area (Å²) < 4.78 is 18.6. The first-order chi connectivity index (χ1) is 16.9. The summed E-state index contributed by atoms with van der Waals surface area (Å²) in [6, 6.07) is 19.8. The molecule has 35 heavy (non-hydrogen) atoms. The monoisotopic (exact) mass is 515 g/mol. The molecule has 3 aromatic rings. The number of benzene rings is 3. The van der Waals surface area contributed by atoms with Gasteiger partial charge in [-0.1, -0.05) is 35.3 Å². The standard InChI is InChI=1S/C27H28Cl2FN3O2/c1-35-24-9-6-22(7-10-24)31-14-16-32(17-15-31)27(34)12-13-33(19-20-2-4-21(30)5-3-20)23-8-11-25(28)26(29)18-23/h2-11,18H,12-17,19H2,1H3. The van der Waals surface area contributed by atoms with Crippen LogP contribution in [0.2, 0.25) is 10.0 Å². The summed E-state index contributed by atoms with van der Waals surface area (Å²) in [5, 5.41) is 0.928. The summed E-state index contributed by atoms with van der Waals surface area (Å²) in [7, 11) is 1.65. The van der Waals surface area contributed by atoms with E-state index in [1.165, 1.54) is 12.1 Å². The van der Waals surface area contributed by atoms with Gasteiger partial charge in [0.2, 0.25) is 5.91 Å². The molecule has 1 saturated heterocycles. The molecule has 0 aromatic heterocycles. The average molecular weight is 516 g/mol. The molecule has 184 valence electrons. The van der Waals surface area contributed by atoms with Gasteiger partial charge in [0.1, 0.15) is 11.6 Å². The SMILES string of the molecule is COc1ccc(N2CCN(C(=O)CCN(Cc3ccc(F)cc3)c3ccc(Cl)c(Cl)c3)CC2)cc1. The number of carbonyl (C=O) groups is 1. The highest BCUT2D eigenvalue weighted by atomic mass is 35.5. The molecular weight excluding hydrogens is 488 g/mol. The van der Waals surface area contributed by atoms with Crippen LogP contribution in [0.15, 0.2) is 66.7 Å². The van der Waals surface area contributed by atoms with Gasteiger partial charge in [0, 0.05) is 57.1 Å². The molecule has 0 radical (unpaired) electrons. The predicted octanol–water partition coefficient (Wildman–Crippen LogP) is 5.89. The molecule has 0 N–H and O–H groups in total. The van der Waals surface area contributed by atoms with E-state index in [0.717, 1.165) is 35.8 Å². The minimum atomic E-state index is -0.279. The van der Waals surface area contributed by atoms with Gasteiger partial charge in [-0.15, -0.1) is 0 Å². The fourth-order valence-corrected chi connectivity index (χ4v) is 4.48. The Kier molecular flexibility index (Phi) is 8.37. The van der Waals surface area contributed by atoms with Gasteiger partial charge in [-0.2, -0.15) is 0 Å². The van der Waals surface area contributed by atoms with Crippen molar-refractivity contribution in [1.82, 2.24) is 4.90 Å². The summed E-state index contributed by atoms with van der Waals surface area (Å²) in [4.78, 5) is 19.3. The fourth-order valence-electron chi connectivity index (χ4n) is 4.19. The number of hydrogen-bond donors (Lipinski definition) is 0. The second-order valence-corrected chi connectivity index (χ2v) is 9.28. The number of ether oxygens (including phenoxy) is 1. The molecular formula is C27H28Cl2FN3O2. The first-order valence-corrected chi connectivity index (χ1v) is 12.3. The van der Waals surface area contributed by atoms with Crippen molar-refractivity contribution in [1.29, 1.82) is 0 Å². The lowest BCUT2D eigenvalue weighted by molar-refractivity contribution is -0.131. The fraction of sp³-hybridized carbons (Fsp3) is 0.296. The summed E-state index contributed by atoms with van der Waals surface area (Å²) in [5.41, 5.74) is 2.93. The van der Waals surface area contributed by atoms with Crippen LogP contribution >= 0.6 is 23.2 Å². The van der Waals surface area contributed by atoms with Gasteiger partial charge in [-0.3, -0.25) is 4.79 Å². The van der Waals surface area contributed by atoms with Crippen molar-refractivity contribution in [3.05, 3.63) is 88.2 Å². The maximum absolute atomic E-state index is 13.4. The molecule has 5 nitrogen and oxygen atoms in total. The molecule has 0 atom stereocenters. The maximum Gasteiger partial charge on any atom is 0.224 e. The predicted molar refractivity (Wildman–Crippen MR) is 140 cm³/mol. The Labute approximate surface area is 215 Å². The van der Waals surface area contributed by atoms with Crippen molar-refractivity contribution in [2.75, 3.05) is 49.6 Å². The number of nitrogens with zero attached hydrogens (tertiary/aromatic N) is 3. The van der Waals surface area contributed by atoms with Crippen LogP contribution in [0.4, 0.5) is 15.8 Å². The molecule has 1 fully saturated rings. The minimum Gasteiger partial charge on any atom is -0.497 e. The highest BCUT2D eigenvalue weighted by molar-refractivity contribution is 6.42. The van der Waals surface area contributed by atoms with E-state index in [4.69, 9.17) is 27.9 Å². The molecule has 1 amide bonds. The first-order valence-electron chi connectivity index (χ1n) is 11.5. The van der Waals surface area contributed by atoms with Gasteiger partial charge in [-0.25, -0.2) is 4.39 Å². The van der Waals surface area contributed by atoms with Crippen LogP contribution in [0.5, 0.6) is 5.75 Å². The molecule has 1 aliphatic heterocycles. The van der Waals surface area contributed by atoms with Crippen LogP contribution < -0.4 is 14.5 Å². The third-order valence-electron chi connectivity index (χ3n) is 6.22. The summed E-state index contributed by atoms with van der Waals surface area (Å²) in [6.07, 6.45) is 0.365. The molecule has 3 aromatic carbocycles. The zero-order valence-electron chi connectivity index (χ0n) is 19.6. The Morgan fingerprint density at radius 2 is 1.63 bits per heavy atom. The van der Waals surface area contributed by atoms with Crippen LogP contribution in [0.1, 0.15) is 12.0 Å². The second kappa shape index (κ2) is 11.6. The van der Waals surface area contributed by atoms with Gasteiger partial charge in [0.05, 0.1) is 17.2 Å². The van der Waals surface area contributed by atoms with E-state index in [-0.39, 0.29) is 11.7 Å². The third-order valence-corrected chi connectivity index (χ3v) is 6.96. The van der Waals surface area contributed by atoms with E-state index in [9.17, 15) is 9.18 Å². The van der Waals surface area contributed by atoms with E-state index < -0.39 is 0 Å². The summed E-state index contributed by atoms with van der Waals surface area (Å²) in [6.45, 7) is 3.95. The molecule has 0 aliphatic carbocycles. The number of carbonyl (C=O) groups excluding carboxylic acids is 1. The van der Waals surface area contributed by atoms with Crippen molar-refractivity contribution in [3.8, 4) is 5.75 Å². The van der Waals surface area contributed by atoms with Crippen molar-refractivity contribution in [2.45, 2.75) is 13.0 Å². The van der Waals surface area contributed by atoms with Crippen LogP contribution in [-0.2, 0) is 11.3 Å². The number of methoxy groups -OCH3 is 1. The van der Waals surface area contributed by atoms with E-state index in [2.05, 4.69) is 9.80 Å². The number of anilines is 2. The van der Waals surface area contributed by atoms with Crippen molar-refractivity contribution < 1.29 is 13.9 Å². The zero-order chi connectivity index (χ0) is 24.8. The topological polar surface area (TPSA) is 36.0 Å². The second-order valence-electron chi connectivity index (χ2n) is 8.46. The highest BCUT2D eigenvalue weighted by Gasteiger charge is 2.22. The van der Waals surface area contributed by atoms with Crippen molar-refractivity contribution in [3.63, 3.8) is 0 Å². The van der Waals surface area contributed by atoms with E-state index in [0.29, 0.717) is 42.6 Å². The molecule has 0 saturated carbocycles. The lowest BCUT2D eigenvalue weighted by Gasteiger charge is -2.36. The Bertz CT molecular complexity index is 1130. The van der Waals surface area contributed by atoms with Gasteiger partial charge < -0.3 is 19.4 Å². The lowest BCUT2D eigenvalue weighted by atomic mass is 10.1. The lowest BCUT2D eigenvalue weighted by Crippen LogP contribution is -2.49. The summed E-state index contributed by atoms with van der Waals surface area (Å²) >= 11 is 12.4. The Balaban J connectivity index is 1.37.